The van der Waals surface area contributed by atoms with Crippen molar-refractivity contribution < 1.29 is 4.74 Å². The van der Waals surface area contributed by atoms with Gasteiger partial charge in [-0.25, -0.2) is 0 Å². The number of rotatable bonds is 5. The van der Waals surface area contributed by atoms with Gasteiger partial charge in [-0.05, 0) is 53.2 Å². The van der Waals surface area contributed by atoms with Crippen LogP contribution >= 0.6 is 27.3 Å². The topological polar surface area (TPSA) is 21.3 Å². The summed E-state index contributed by atoms with van der Waals surface area (Å²) >= 11 is 5.49. The molecule has 0 spiro atoms. The summed E-state index contributed by atoms with van der Waals surface area (Å²) in [5, 5.41) is 3.55. The van der Waals surface area contributed by atoms with Crippen molar-refractivity contribution in [2.75, 3.05) is 13.7 Å². The van der Waals surface area contributed by atoms with Crippen LogP contribution < -0.4 is 10.1 Å². The van der Waals surface area contributed by atoms with Crippen molar-refractivity contribution in [1.82, 2.24) is 5.32 Å². The molecule has 0 aliphatic carbocycles. The monoisotopic (exact) mass is 339 g/mol. The molecule has 2 rings (SSSR count). The van der Waals surface area contributed by atoms with Crippen molar-refractivity contribution in [2.24, 2.45) is 0 Å². The van der Waals surface area contributed by atoms with E-state index in [-0.39, 0.29) is 6.04 Å². The summed E-state index contributed by atoms with van der Waals surface area (Å²) in [6, 6.07) is 10.7. The van der Waals surface area contributed by atoms with Gasteiger partial charge in [0.25, 0.3) is 0 Å². The van der Waals surface area contributed by atoms with E-state index in [9.17, 15) is 0 Å². The molecule has 0 saturated heterocycles. The molecule has 0 saturated carbocycles. The van der Waals surface area contributed by atoms with Crippen molar-refractivity contribution >= 4 is 27.3 Å². The van der Waals surface area contributed by atoms with E-state index in [1.807, 2.05) is 23.5 Å². The molecule has 1 aromatic heterocycles. The molecular weight excluding hydrogens is 322 g/mol. The molecule has 2 aromatic rings. The minimum atomic E-state index is 0.226. The minimum absolute atomic E-state index is 0.226. The van der Waals surface area contributed by atoms with Gasteiger partial charge in [0.05, 0.1) is 13.2 Å². The summed E-state index contributed by atoms with van der Waals surface area (Å²) in [5.41, 5.74) is 1.25. The zero-order chi connectivity index (χ0) is 13.8. The lowest BCUT2D eigenvalue weighted by molar-refractivity contribution is 0.414. The standard InChI is InChI=1S/C15H18BrNOS/c1-4-17-14(15-13(16)9-10(2)19-15)11-5-7-12(18-3)8-6-11/h5-9,14,17H,4H2,1-3H3. The number of thiophene rings is 1. The van der Waals surface area contributed by atoms with Gasteiger partial charge in [0.1, 0.15) is 5.75 Å². The number of aryl methyl sites for hydroxylation is 1. The Morgan fingerprint density at radius 2 is 2.00 bits per heavy atom. The summed E-state index contributed by atoms with van der Waals surface area (Å²) in [4.78, 5) is 2.64. The van der Waals surface area contributed by atoms with Crippen molar-refractivity contribution in [3.05, 3.63) is 50.1 Å². The van der Waals surface area contributed by atoms with E-state index in [1.165, 1.54) is 19.8 Å². The Morgan fingerprint density at radius 1 is 1.32 bits per heavy atom. The summed E-state index contributed by atoms with van der Waals surface area (Å²) in [5.74, 6) is 0.889. The largest absolute Gasteiger partial charge is 0.497 e. The average molecular weight is 340 g/mol. The second kappa shape index (κ2) is 6.55. The highest BCUT2D eigenvalue weighted by atomic mass is 79.9. The van der Waals surface area contributed by atoms with Crippen molar-refractivity contribution in [3.8, 4) is 5.75 Å². The second-order valence-corrected chi connectivity index (χ2v) is 6.48. The van der Waals surface area contributed by atoms with Crippen LogP contribution in [0.5, 0.6) is 5.75 Å². The van der Waals surface area contributed by atoms with Crippen LogP contribution in [0.3, 0.4) is 0 Å². The Kier molecular flexibility index (Phi) is 5.02. The van der Waals surface area contributed by atoms with Crippen molar-refractivity contribution in [3.63, 3.8) is 0 Å². The first-order chi connectivity index (χ1) is 9.15. The average Bonchev–Trinajstić information content (AvgIpc) is 2.75. The SMILES string of the molecule is CCNC(c1ccc(OC)cc1)c1sc(C)cc1Br. The van der Waals surface area contributed by atoms with Crippen LogP contribution in [-0.2, 0) is 0 Å². The second-order valence-electron chi connectivity index (χ2n) is 4.33. The van der Waals surface area contributed by atoms with Crippen LogP contribution in [0.25, 0.3) is 0 Å². The fourth-order valence-electron chi connectivity index (χ4n) is 2.06. The van der Waals surface area contributed by atoms with E-state index in [4.69, 9.17) is 4.74 Å². The van der Waals surface area contributed by atoms with E-state index < -0.39 is 0 Å². The fourth-order valence-corrected chi connectivity index (χ4v) is 4.04. The Hall–Kier alpha value is -0.840. The first kappa shape index (κ1) is 14.6. The van der Waals surface area contributed by atoms with E-state index in [0.717, 1.165) is 12.3 Å². The van der Waals surface area contributed by atoms with Crippen molar-refractivity contribution in [1.29, 1.82) is 0 Å². The number of halogens is 1. The third-order valence-electron chi connectivity index (χ3n) is 2.96. The van der Waals surface area contributed by atoms with Gasteiger partial charge in [-0.15, -0.1) is 11.3 Å². The Balaban J connectivity index is 2.36. The maximum atomic E-state index is 5.22. The lowest BCUT2D eigenvalue weighted by Gasteiger charge is -2.18. The zero-order valence-electron chi connectivity index (χ0n) is 11.4. The smallest absolute Gasteiger partial charge is 0.118 e. The molecule has 0 radical (unpaired) electrons. The van der Waals surface area contributed by atoms with Gasteiger partial charge in [0.2, 0.25) is 0 Å². The molecule has 0 fully saturated rings. The molecule has 102 valence electrons. The van der Waals surface area contributed by atoms with Crippen LogP contribution in [0.15, 0.2) is 34.8 Å². The minimum Gasteiger partial charge on any atom is -0.497 e. The van der Waals surface area contributed by atoms with E-state index in [1.54, 1.807) is 7.11 Å². The van der Waals surface area contributed by atoms with E-state index >= 15 is 0 Å². The Morgan fingerprint density at radius 3 is 2.47 bits per heavy atom. The fraction of sp³-hybridized carbons (Fsp3) is 0.333. The lowest BCUT2D eigenvalue weighted by Crippen LogP contribution is -2.21. The molecule has 0 aliphatic rings. The molecule has 19 heavy (non-hydrogen) atoms. The molecule has 1 unspecified atom stereocenters. The Bertz CT molecular complexity index is 536. The lowest BCUT2D eigenvalue weighted by atomic mass is 10.1. The van der Waals surface area contributed by atoms with Gasteiger partial charge < -0.3 is 10.1 Å². The van der Waals surface area contributed by atoms with Crippen LogP contribution in [0.4, 0.5) is 0 Å². The molecule has 0 amide bonds. The number of hydrogen-bond donors (Lipinski definition) is 1. The first-order valence-electron chi connectivity index (χ1n) is 6.29. The molecular formula is C15H18BrNOS. The number of methoxy groups -OCH3 is 1. The zero-order valence-corrected chi connectivity index (χ0v) is 13.8. The summed E-state index contributed by atoms with van der Waals surface area (Å²) < 4.78 is 6.39. The van der Waals surface area contributed by atoms with E-state index in [0.29, 0.717) is 0 Å². The summed E-state index contributed by atoms with van der Waals surface area (Å²) in [7, 11) is 1.69. The molecule has 0 aliphatic heterocycles. The van der Waals surface area contributed by atoms with Gasteiger partial charge >= 0.3 is 0 Å². The molecule has 1 heterocycles. The van der Waals surface area contributed by atoms with Gasteiger partial charge in [-0.2, -0.15) is 0 Å². The summed E-state index contributed by atoms with van der Waals surface area (Å²) in [6.45, 7) is 5.20. The van der Waals surface area contributed by atoms with Crippen LogP contribution in [0.2, 0.25) is 0 Å². The van der Waals surface area contributed by atoms with E-state index in [2.05, 4.69) is 53.3 Å². The van der Waals surface area contributed by atoms with Crippen LogP contribution in [0.1, 0.15) is 28.3 Å². The predicted molar refractivity (Wildman–Crippen MR) is 85.3 cm³/mol. The van der Waals surface area contributed by atoms with Gasteiger partial charge in [0, 0.05) is 14.2 Å². The van der Waals surface area contributed by atoms with Gasteiger partial charge in [-0.1, -0.05) is 19.1 Å². The summed E-state index contributed by atoms with van der Waals surface area (Å²) in [6.07, 6.45) is 0. The number of nitrogens with one attached hydrogen (secondary N) is 1. The van der Waals surface area contributed by atoms with Gasteiger partial charge in [0.15, 0.2) is 0 Å². The predicted octanol–water partition coefficient (Wildman–Crippen LogP) is 4.53. The van der Waals surface area contributed by atoms with Gasteiger partial charge in [-0.3, -0.25) is 0 Å². The third kappa shape index (κ3) is 3.38. The normalized spacial score (nSPS) is 12.4. The highest BCUT2D eigenvalue weighted by molar-refractivity contribution is 9.10. The first-order valence-corrected chi connectivity index (χ1v) is 7.89. The van der Waals surface area contributed by atoms with Crippen LogP contribution in [0, 0.1) is 6.92 Å². The molecule has 1 N–H and O–H groups in total. The van der Waals surface area contributed by atoms with Crippen LogP contribution in [-0.4, -0.2) is 13.7 Å². The third-order valence-corrected chi connectivity index (χ3v) is 4.99. The molecule has 0 bridgehead atoms. The number of ether oxygens (including phenoxy) is 1. The number of hydrogen-bond acceptors (Lipinski definition) is 3. The quantitative estimate of drug-likeness (QED) is 0.864. The maximum Gasteiger partial charge on any atom is 0.118 e. The molecule has 4 heteroatoms. The Labute approximate surface area is 126 Å². The molecule has 1 atom stereocenters. The highest BCUT2D eigenvalue weighted by Crippen LogP contribution is 2.35. The maximum absolute atomic E-state index is 5.22. The molecule has 2 nitrogen and oxygen atoms in total. The highest BCUT2D eigenvalue weighted by Gasteiger charge is 2.18. The van der Waals surface area contributed by atoms with Crippen molar-refractivity contribution in [2.45, 2.75) is 19.9 Å². The molecule has 1 aromatic carbocycles. The number of benzene rings is 1.